The predicted octanol–water partition coefficient (Wildman–Crippen LogP) is 3.27. The number of fused-ring (bicyclic) bond motifs is 1. The van der Waals surface area contributed by atoms with Crippen molar-refractivity contribution in [2.75, 3.05) is 13.1 Å². The molecule has 0 spiro atoms. The predicted molar refractivity (Wildman–Crippen MR) is 98.1 cm³/mol. The first-order valence-corrected chi connectivity index (χ1v) is 8.54. The third kappa shape index (κ3) is 3.07. The fraction of sp³-hybridized carbons (Fsp3) is 0.238. The minimum atomic E-state index is -0.0383. The Labute approximate surface area is 147 Å². The summed E-state index contributed by atoms with van der Waals surface area (Å²) in [5, 5.41) is 4.30. The summed E-state index contributed by atoms with van der Waals surface area (Å²) >= 11 is 0. The van der Waals surface area contributed by atoms with Gasteiger partial charge in [-0.25, -0.2) is 0 Å². The lowest BCUT2D eigenvalue weighted by Gasteiger charge is -2.15. The van der Waals surface area contributed by atoms with Crippen LogP contribution >= 0.6 is 0 Å². The first kappa shape index (κ1) is 15.6. The summed E-state index contributed by atoms with van der Waals surface area (Å²) in [5.74, 6) is 0.168. The highest BCUT2D eigenvalue weighted by Gasteiger charge is 2.44. The Hall–Kier alpha value is -2.88. The minimum absolute atomic E-state index is 0.0194. The molecule has 4 heteroatoms. The van der Waals surface area contributed by atoms with Crippen LogP contribution in [0.25, 0.3) is 6.08 Å². The van der Waals surface area contributed by atoms with Crippen molar-refractivity contribution in [3.05, 3.63) is 77.4 Å². The van der Waals surface area contributed by atoms with Gasteiger partial charge in [-0.05, 0) is 24.1 Å². The van der Waals surface area contributed by atoms with Crippen LogP contribution in [-0.2, 0) is 9.63 Å². The number of carbonyl (C=O) groups excluding carboxylic acids is 1. The van der Waals surface area contributed by atoms with Gasteiger partial charge in [0.05, 0.1) is 18.2 Å². The number of aryl methyl sites for hydroxylation is 1. The van der Waals surface area contributed by atoms with E-state index >= 15 is 0 Å². The molecule has 2 aliphatic rings. The van der Waals surface area contributed by atoms with Crippen LogP contribution in [0.1, 0.15) is 16.7 Å². The van der Waals surface area contributed by atoms with Gasteiger partial charge in [0.1, 0.15) is 0 Å². The molecule has 4 nitrogen and oxygen atoms in total. The molecule has 2 heterocycles. The van der Waals surface area contributed by atoms with Gasteiger partial charge < -0.3 is 9.74 Å². The normalized spacial score (nSPS) is 22.0. The van der Waals surface area contributed by atoms with Crippen molar-refractivity contribution >= 4 is 17.7 Å². The second-order valence-corrected chi connectivity index (χ2v) is 6.53. The van der Waals surface area contributed by atoms with Gasteiger partial charge in [0.2, 0.25) is 5.91 Å². The molecule has 2 unspecified atom stereocenters. The second-order valence-electron chi connectivity index (χ2n) is 6.53. The molecule has 1 fully saturated rings. The number of oxime groups is 1. The van der Waals surface area contributed by atoms with Crippen LogP contribution in [0, 0.1) is 12.8 Å². The van der Waals surface area contributed by atoms with Crippen molar-refractivity contribution in [2.24, 2.45) is 11.1 Å². The van der Waals surface area contributed by atoms with Gasteiger partial charge in [-0.15, -0.1) is 0 Å². The van der Waals surface area contributed by atoms with E-state index in [1.54, 1.807) is 6.08 Å². The number of nitrogens with zero attached hydrogens (tertiary/aromatic N) is 2. The molecule has 0 N–H and O–H groups in total. The maximum Gasteiger partial charge on any atom is 0.246 e. The molecule has 25 heavy (non-hydrogen) atoms. The summed E-state index contributed by atoms with van der Waals surface area (Å²) in [6, 6.07) is 18.0. The molecule has 1 saturated heterocycles. The molecule has 2 aromatic rings. The van der Waals surface area contributed by atoms with Crippen molar-refractivity contribution in [3.63, 3.8) is 0 Å². The van der Waals surface area contributed by atoms with Crippen LogP contribution in [0.15, 0.2) is 65.8 Å². The largest absolute Gasteiger partial charge is 0.390 e. The highest BCUT2D eigenvalue weighted by atomic mass is 16.6. The van der Waals surface area contributed by atoms with E-state index < -0.39 is 0 Å². The van der Waals surface area contributed by atoms with Gasteiger partial charge in [-0.3, -0.25) is 4.79 Å². The van der Waals surface area contributed by atoms with E-state index in [0.717, 1.165) is 16.8 Å². The number of benzene rings is 2. The van der Waals surface area contributed by atoms with Gasteiger partial charge in [0, 0.05) is 18.2 Å². The number of likely N-dealkylation sites (tertiary alicyclic amines) is 1. The minimum Gasteiger partial charge on any atom is -0.390 e. The van der Waals surface area contributed by atoms with Crippen molar-refractivity contribution in [3.8, 4) is 0 Å². The molecular weight excluding hydrogens is 312 g/mol. The van der Waals surface area contributed by atoms with E-state index in [1.807, 2.05) is 53.4 Å². The first-order chi connectivity index (χ1) is 12.2. The molecule has 0 radical (unpaired) electrons. The van der Waals surface area contributed by atoms with Crippen LogP contribution in [0.2, 0.25) is 0 Å². The SMILES string of the molecule is Cc1ccccc1C1=NOC2CN(C(=O)/C=C/c3ccccc3)CC12. The number of carbonyl (C=O) groups is 1. The van der Waals surface area contributed by atoms with E-state index in [2.05, 4.69) is 24.2 Å². The lowest BCUT2D eigenvalue weighted by Crippen LogP contribution is -2.29. The Morgan fingerprint density at radius 1 is 1.12 bits per heavy atom. The molecule has 1 amide bonds. The highest BCUT2D eigenvalue weighted by Crippen LogP contribution is 2.31. The van der Waals surface area contributed by atoms with Crippen LogP contribution in [-0.4, -0.2) is 35.7 Å². The van der Waals surface area contributed by atoms with Crippen molar-refractivity contribution in [1.29, 1.82) is 0 Å². The van der Waals surface area contributed by atoms with E-state index in [0.29, 0.717) is 13.1 Å². The quantitative estimate of drug-likeness (QED) is 0.810. The molecule has 0 aliphatic carbocycles. The molecule has 0 saturated carbocycles. The Bertz CT molecular complexity index is 842. The molecule has 2 aromatic carbocycles. The molecule has 2 aliphatic heterocycles. The smallest absolute Gasteiger partial charge is 0.246 e. The third-order valence-corrected chi connectivity index (χ3v) is 4.85. The average molecular weight is 332 g/mol. The molecule has 4 rings (SSSR count). The highest BCUT2D eigenvalue weighted by molar-refractivity contribution is 6.05. The Morgan fingerprint density at radius 2 is 1.88 bits per heavy atom. The first-order valence-electron chi connectivity index (χ1n) is 8.54. The number of rotatable bonds is 3. The van der Waals surface area contributed by atoms with Gasteiger partial charge in [0.25, 0.3) is 0 Å². The zero-order valence-corrected chi connectivity index (χ0v) is 14.1. The Morgan fingerprint density at radius 3 is 2.68 bits per heavy atom. The van der Waals surface area contributed by atoms with Gasteiger partial charge >= 0.3 is 0 Å². The second kappa shape index (κ2) is 6.55. The molecule has 2 atom stereocenters. The van der Waals surface area contributed by atoms with Gasteiger partial charge in [-0.1, -0.05) is 59.8 Å². The van der Waals surface area contributed by atoms with Crippen LogP contribution < -0.4 is 0 Å². The number of hydrogen-bond donors (Lipinski definition) is 0. The maximum absolute atomic E-state index is 12.5. The summed E-state index contributed by atoms with van der Waals surface area (Å²) in [5.41, 5.74) is 4.28. The lowest BCUT2D eigenvalue weighted by molar-refractivity contribution is -0.125. The topological polar surface area (TPSA) is 41.9 Å². The summed E-state index contributed by atoms with van der Waals surface area (Å²) in [7, 11) is 0. The van der Waals surface area contributed by atoms with Crippen molar-refractivity contribution in [1.82, 2.24) is 4.90 Å². The zero-order valence-electron chi connectivity index (χ0n) is 14.1. The van der Waals surface area contributed by atoms with Gasteiger partial charge in [-0.2, -0.15) is 0 Å². The monoisotopic (exact) mass is 332 g/mol. The Kier molecular flexibility index (Phi) is 4.10. The van der Waals surface area contributed by atoms with E-state index in [-0.39, 0.29) is 17.9 Å². The van der Waals surface area contributed by atoms with E-state index in [1.165, 1.54) is 5.56 Å². The summed E-state index contributed by atoms with van der Waals surface area (Å²) in [6.45, 7) is 3.31. The molecule has 126 valence electrons. The Balaban J connectivity index is 1.47. The molecule has 0 aromatic heterocycles. The summed E-state index contributed by atoms with van der Waals surface area (Å²) in [6.07, 6.45) is 3.46. The van der Waals surface area contributed by atoms with Crippen LogP contribution in [0.5, 0.6) is 0 Å². The van der Waals surface area contributed by atoms with E-state index in [4.69, 9.17) is 4.84 Å². The van der Waals surface area contributed by atoms with Crippen LogP contribution in [0.4, 0.5) is 0 Å². The summed E-state index contributed by atoms with van der Waals surface area (Å²) in [4.78, 5) is 20.0. The van der Waals surface area contributed by atoms with Crippen molar-refractivity contribution < 1.29 is 9.63 Å². The maximum atomic E-state index is 12.5. The fourth-order valence-electron chi connectivity index (χ4n) is 3.46. The van der Waals surface area contributed by atoms with Crippen LogP contribution in [0.3, 0.4) is 0 Å². The zero-order chi connectivity index (χ0) is 17.2. The summed E-state index contributed by atoms with van der Waals surface area (Å²) < 4.78 is 0. The average Bonchev–Trinajstić information content (AvgIpc) is 3.22. The number of hydrogen-bond acceptors (Lipinski definition) is 3. The van der Waals surface area contributed by atoms with Gasteiger partial charge in [0.15, 0.2) is 6.10 Å². The fourth-order valence-corrected chi connectivity index (χ4v) is 3.46. The third-order valence-electron chi connectivity index (χ3n) is 4.85. The lowest BCUT2D eigenvalue weighted by atomic mass is 9.92. The molecular formula is C21H20N2O2. The molecule has 0 bridgehead atoms. The number of amides is 1. The standard InChI is InChI=1S/C21H20N2O2/c1-15-7-5-6-10-17(15)21-18-13-23(14-19(18)25-22-21)20(24)12-11-16-8-3-2-4-9-16/h2-12,18-19H,13-14H2,1H3/b12-11+. The van der Waals surface area contributed by atoms with Crippen molar-refractivity contribution in [2.45, 2.75) is 13.0 Å². The van der Waals surface area contributed by atoms with E-state index in [9.17, 15) is 4.79 Å².